The first-order valence-corrected chi connectivity index (χ1v) is 6.66. The molecule has 0 radical (unpaired) electrons. The van der Waals surface area contributed by atoms with E-state index in [0.29, 0.717) is 25.8 Å². The van der Waals surface area contributed by atoms with Crippen LogP contribution in [-0.4, -0.2) is 55.3 Å². The first-order chi connectivity index (χ1) is 8.61. The summed E-state index contributed by atoms with van der Waals surface area (Å²) in [5.74, 6) is 0.285. The zero-order valence-corrected chi connectivity index (χ0v) is 10.7. The van der Waals surface area contributed by atoms with Crippen LogP contribution in [0.5, 0.6) is 0 Å². The number of quaternary nitrogens is 1. The van der Waals surface area contributed by atoms with Gasteiger partial charge in [0, 0.05) is 0 Å². The van der Waals surface area contributed by atoms with Crippen LogP contribution in [0.2, 0.25) is 0 Å². The Labute approximate surface area is 106 Å². The molecule has 6 nitrogen and oxygen atoms in total. The lowest BCUT2D eigenvalue weighted by Crippen LogP contribution is -3.15. The van der Waals surface area contributed by atoms with Gasteiger partial charge in [-0.3, -0.25) is 4.79 Å². The van der Waals surface area contributed by atoms with E-state index in [4.69, 9.17) is 4.74 Å². The summed E-state index contributed by atoms with van der Waals surface area (Å²) in [5, 5.41) is 2.87. The van der Waals surface area contributed by atoms with Crippen molar-refractivity contribution in [3.05, 3.63) is 0 Å². The summed E-state index contributed by atoms with van der Waals surface area (Å²) >= 11 is 0. The highest BCUT2D eigenvalue weighted by molar-refractivity contribution is 6.07. The molecule has 0 spiro atoms. The molecule has 0 aromatic heterocycles. The molecule has 18 heavy (non-hydrogen) atoms. The zero-order valence-electron chi connectivity index (χ0n) is 10.7. The van der Waals surface area contributed by atoms with Crippen molar-refractivity contribution in [3.63, 3.8) is 0 Å². The van der Waals surface area contributed by atoms with E-state index in [-0.39, 0.29) is 11.9 Å². The van der Waals surface area contributed by atoms with Gasteiger partial charge in [0.25, 0.3) is 5.91 Å². The van der Waals surface area contributed by atoms with Gasteiger partial charge in [0.05, 0.1) is 13.2 Å². The van der Waals surface area contributed by atoms with E-state index < -0.39 is 5.54 Å². The zero-order chi connectivity index (χ0) is 12.8. The smallest absolute Gasteiger partial charge is 0.329 e. The van der Waals surface area contributed by atoms with Crippen molar-refractivity contribution in [1.29, 1.82) is 0 Å². The monoisotopic (exact) mass is 254 g/mol. The number of carbonyl (C=O) groups excluding carboxylic acids is 2. The summed E-state index contributed by atoms with van der Waals surface area (Å²) in [4.78, 5) is 27.0. The van der Waals surface area contributed by atoms with Gasteiger partial charge in [0.2, 0.25) is 0 Å². The van der Waals surface area contributed by atoms with Crippen molar-refractivity contribution < 1.29 is 19.2 Å². The SMILES string of the molecule is C[C@]1(C2CC2)NC(=O)N(C[NH+]2CCOCC2)C1=O. The Morgan fingerprint density at radius 2 is 2.06 bits per heavy atom. The van der Waals surface area contributed by atoms with Gasteiger partial charge in [0.15, 0.2) is 6.67 Å². The van der Waals surface area contributed by atoms with Crippen LogP contribution in [0.1, 0.15) is 19.8 Å². The molecule has 0 aromatic rings. The second-order valence-electron chi connectivity index (χ2n) is 5.66. The van der Waals surface area contributed by atoms with Crippen LogP contribution in [0.25, 0.3) is 0 Å². The van der Waals surface area contributed by atoms with E-state index in [0.717, 1.165) is 25.9 Å². The van der Waals surface area contributed by atoms with Crippen LogP contribution in [0.4, 0.5) is 4.79 Å². The first-order valence-electron chi connectivity index (χ1n) is 6.66. The fourth-order valence-corrected chi connectivity index (χ4v) is 2.84. The average molecular weight is 254 g/mol. The Hall–Kier alpha value is -1.14. The first kappa shape index (κ1) is 11.9. The highest BCUT2D eigenvalue weighted by Gasteiger charge is 2.56. The normalized spacial score (nSPS) is 33.9. The third-order valence-corrected chi connectivity index (χ3v) is 4.28. The molecule has 1 atom stereocenters. The van der Waals surface area contributed by atoms with E-state index >= 15 is 0 Å². The van der Waals surface area contributed by atoms with Crippen molar-refractivity contribution in [1.82, 2.24) is 10.2 Å². The molecule has 3 aliphatic rings. The molecule has 0 bridgehead atoms. The van der Waals surface area contributed by atoms with Gasteiger partial charge in [-0.2, -0.15) is 0 Å². The maximum absolute atomic E-state index is 12.4. The van der Waals surface area contributed by atoms with Gasteiger partial charge in [-0.1, -0.05) is 0 Å². The Morgan fingerprint density at radius 1 is 1.39 bits per heavy atom. The molecule has 3 amide bonds. The van der Waals surface area contributed by atoms with E-state index in [9.17, 15) is 9.59 Å². The number of morpholine rings is 1. The number of hydrogen-bond acceptors (Lipinski definition) is 3. The molecule has 100 valence electrons. The molecule has 1 saturated carbocycles. The van der Waals surface area contributed by atoms with Crippen molar-refractivity contribution >= 4 is 11.9 Å². The summed E-state index contributed by atoms with van der Waals surface area (Å²) in [5.41, 5.74) is -0.650. The molecular formula is C12H20N3O3+. The van der Waals surface area contributed by atoms with Crippen LogP contribution >= 0.6 is 0 Å². The molecular weight excluding hydrogens is 234 g/mol. The van der Waals surface area contributed by atoms with Gasteiger partial charge in [-0.05, 0) is 25.7 Å². The second-order valence-corrected chi connectivity index (χ2v) is 5.66. The maximum Gasteiger partial charge on any atom is 0.329 e. The van der Waals surface area contributed by atoms with E-state index in [1.165, 1.54) is 9.80 Å². The molecule has 3 fully saturated rings. The summed E-state index contributed by atoms with van der Waals surface area (Å²) in [6, 6.07) is -0.228. The predicted octanol–water partition coefficient (Wildman–Crippen LogP) is -1.42. The number of imide groups is 1. The van der Waals surface area contributed by atoms with Crippen LogP contribution in [0, 0.1) is 5.92 Å². The minimum absolute atomic E-state index is 0.0472. The Morgan fingerprint density at radius 3 is 2.67 bits per heavy atom. The molecule has 2 N–H and O–H groups in total. The quantitative estimate of drug-likeness (QED) is 0.608. The molecule has 2 aliphatic heterocycles. The number of rotatable bonds is 3. The van der Waals surface area contributed by atoms with Crippen LogP contribution < -0.4 is 10.2 Å². The lowest BCUT2D eigenvalue weighted by molar-refractivity contribution is -0.915. The van der Waals surface area contributed by atoms with Gasteiger partial charge < -0.3 is 15.0 Å². The fraction of sp³-hybridized carbons (Fsp3) is 0.833. The van der Waals surface area contributed by atoms with Crippen molar-refractivity contribution in [2.45, 2.75) is 25.3 Å². The second kappa shape index (κ2) is 4.20. The summed E-state index contributed by atoms with van der Waals surface area (Å²) in [6.07, 6.45) is 2.08. The third-order valence-electron chi connectivity index (χ3n) is 4.28. The van der Waals surface area contributed by atoms with E-state index in [2.05, 4.69) is 5.32 Å². The number of carbonyl (C=O) groups is 2. The minimum atomic E-state index is -0.650. The average Bonchev–Trinajstić information content (AvgIpc) is 3.17. The summed E-state index contributed by atoms with van der Waals surface area (Å²) in [7, 11) is 0. The van der Waals surface area contributed by atoms with Crippen LogP contribution in [0.3, 0.4) is 0 Å². The molecule has 0 unspecified atom stereocenters. The van der Waals surface area contributed by atoms with Crippen molar-refractivity contribution in [2.24, 2.45) is 5.92 Å². The van der Waals surface area contributed by atoms with Crippen molar-refractivity contribution in [2.75, 3.05) is 33.0 Å². The summed E-state index contributed by atoms with van der Waals surface area (Å²) in [6.45, 7) is 5.46. The van der Waals surface area contributed by atoms with Crippen LogP contribution in [-0.2, 0) is 9.53 Å². The Balaban J connectivity index is 1.68. The van der Waals surface area contributed by atoms with Crippen LogP contribution in [0.15, 0.2) is 0 Å². The van der Waals surface area contributed by atoms with Gasteiger partial charge in [-0.25, -0.2) is 9.69 Å². The Bertz CT molecular complexity index is 377. The number of hydrogen-bond donors (Lipinski definition) is 2. The lowest BCUT2D eigenvalue weighted by atomic mass is 9.96. The number of nitrogens with zero attached hydrogens (tertiary/aromatic N) is 1. The van der Waals surface area contributed by atoms with E-state index in [1.54, 1.807) is 0 Å². The third kappa shape index (κ3) is 1.89. The molecule has 3 rings (SSSR count). The molecule has 6 heteroatoms. The number of nitrogens with one attached hydrogen (secondary N) is 2. The maximum atomic E-state index is 12.4. The number of urea groups is 1. The highest BCUT2D eigenvalue weighted by Crippen LogP contribution is 2.42. The van der Waals surface area contributed by atoms with Gasteiger partial charge >= 0.3 is 6.03 Å². The molecule has 0 aromatic carbocycles. The lowest BCUT2D eigenvalue weighted by Gasteiger charge is -2.27. The number of ether oxygens (including phenoxy) is 1. The molecule has 2 saturated heterocycles. The largest absolute Gasteiger partial charge is 0.370 e. The topological polar surface area (TPSA) is 63.1 Å². The van der Waals surface area contributed by atoms with Gasteiger partial charge in [0.1, 0.15) is 18.6 Å². The Kier molecular flexibility index (Phi) is 2.79. The number of amides is 3. The van der Waals surface area contributed by atoms with E-state index in [1.807, 2.05) is 6.92 Å². The highest BCUT2D eigenvalue weighted by atomic mass is 16.5. The minimum Gasteiger partial charge on any atom is -0.370 e. The van der Waals surface area contributed by atoms with Crippen molar-refractivity contribution in [3.8, 4) is 0 Å². The molecule has 2 heterocycles. The summed E-state index contributed by atoms with van der Waals surface area (Å²) < 4.78 is 5.28. The fourth-order valence-electron chi connectivity index (χ4n) is 2.84. The van der Waals surface area contributed by atoms with Gasteiger partial charge in [-0.15, -0.1) is 0 Å². The predicted molar refractivity (Wildman–Crippen MR) is 62.9 cm³/mol. The standard InChI is InChI=1S/C12H19N3O3/c1-12(9-2-3-9)10(16)15(11(17)13-12)8-14-4-6-18-7-5-14/h9H,2-8H2,1H3,(H,13,17)/p+1/t12-/m1/s1. The molecule has 1 aliphatic carbocycles.